The number of amides is 2. The summed E-state index contributed by atoms with van der Waals surface area (Å²) >= 11 is 3.25. The molecule has 114 valence electrons. The number of halogens is 1. The Bertz CT molecular complexity index is 535. The van der Waals surface area contributed by atoms with E-state index in [4.69, 9.17) is 10.2 Å². The van der Waals surface area contributed by atoms with Gasteiger partial charge in [0, 0.05) is 10.9 Å². The number of carboxylic acids is 2. The summed E-state index contributed by atoms with van der Waals surface area (Å²) in [7, 11) is 0. The maximum absolute atomic E-state index is 11.8. The van der Waals surface area contributed by atoms with Crippen molar-refractivity contribution in [2.45, 2.75) is 25.3 Å². The lowest BCUT2D eigenvalue weighted by Gasteiger charge is -2.15. The van der Waals surface area contributed by atoms with Crippen molar-refractivity contribution in [3.05, 3.63) is 28.7 Å². The Kier molecular flexibility index (Phi) is 6.67. The minimum absolute atomic E-state index is 0.0466. The van der Waals surface area contributed by atoms with E-state index in [0.29, 0.717) is 10.2 Å². The summed E-state index contributed by atoms with van der Waals surface area (Å²) in [5.41, 5.74) is 0.504. The van der Waals surface area contributed by atoms with Gasteiger partial charge in [0.15, 0.2) is 0 Å². The summed E-state index contributed by atoms with van der Waals surface area (Å²) in [6.45, 7) is 0. The lowest BCUT2D eigenvalue weighted by atomic mass is 10.1. The maximum Gasteiger partial charge on any atom is 0.326 e. The van der Waals surface area contributed by atoms with Crippen LogP contribution in [0.1, 0.15) is 19.3 Å². The highest BCUT2D eigenvalue weighted by atomic mass is 79.9. The van der Waals surface area contributed by atoms with Crippen molar-refractivity contribution >= 4 is 39.6 Å². The lowest BCUT2D eigenvalue weighted by Crippen LogP contribution is -2.43. The van der Waals surface area contributed by atoms with Gasteiger partial charge in [-0.15, -0.1) is 0 Å². The SMILES string of the molecule is O=C(O)CCC[C@@H](NC(=O)Nc1ccccc1Br)C(=O)O. The minimum Gasteiger partial charge on any atom is -0.481 e. The summed E-state index contributed by atoms with van der Waals surface area (Å²) in [5.74, 6) is -2.21. The largest absolute Gasteiger partial charge is 0.481 e. The number of hydrogen-bond donors (Lipinski definition) is 4. The molecule has 0 fully saturated rings. The molecule has 0 saturated carbocycles. The van der Waals surface area contributed by atoms with Crippen molar-refractivity contribution < 1.29 is 24.6 Å². The fourth-order valence-electron chi connectivity index (χ4n) is 1.59. The molecule has 7 nitrogen and oxygen atoms in total. The van der Waals surface area contributed by atoms with E-state index in [2.05, 4.69) is 26.6 Å². The number of nitrogens with one attached hydrogen (secondary N) is 2. The van der Waals surface area contributed by atoms with E-state index in [1.54, 1.807) is 24.3 Å². The van der Waals surface area contributed by atoms with Gasteiger partial charge >= 0.3 is 18.0 Å². The monoisotopic (exact) mass is 358 g/mol. The van der Waals surface area contributed by atoms with Gasteiger partial charge in [-0.3, -0.25) is 4.79 Å². The van der Waals surface area contributed by atoms with Gasteiger partial charge in [-0.05, 0) is 40.9 Å². The fraction of sp³-hybridized carbons (Fsp3) is 0.308. The van der Waals surface area contributed by atoms with Crippen LogP contribution in [0.5, 0.6) is 0 Å². The van der Waals surface area contributed by atoms with Crippen molar-refractivity contribution in [1.29, 1.82) is 0 Å². The van der Waals surface area contributed by atoms with Gasteiger partial charge < -0.3 is 20.8 Å². The highest BCUT2D eigenvalue weighted by Gasteiger charge is 2.20. The first kappa shape index (κ1) is 17.0. The summed E-state index contributed by atoms with van der Waals surface area (Å²) in [6.07, 6.45) is 0.0733. The number of anilines is 1. The van der Waals surface area contributed by atoms with Gasteiger partial charge in [0.1, 0.15) is 6.04 Å². The predicted octanol–water partition coefficient (Wildman–Crippen LogP) is 2.28. The van der Waals surface area contributed by atoms with Crippen LogP contribution in [-0.4, -0.2) is 34.2 Å². The van der Waals surface area contributed by atoms with E-state index < -0.39 is 24.0 Å². The Labute approximate surface area is 129 Å². The summed E-state index contributed by atoms with van der Waals surface area (Å²) in [4.78, 5) is 33.2. The van der Waals surface area contributed by atoms with Crippen LogP contribution in [0, 0.1) is 0 Å². The van der Waals surface area contributed by atoms with Gasteiger partial charge in [0.2, 0.25) is 0 Å². The molecule has 0 aromatic heterocycles. The van der Waals surface area contributed by atoms with E-state index >= 15 is 0 Å². The zero-order valence-corrected chi connectivity index (χ0v) is 12.6. The molecule has 1 atom stereocenters. The summed E-state index contributed by atoms with van der Waals surface area (Å²) in [6, 6.07) is 5.10. The number of para-hydroxylation sites is 1. The standard InChI is InChI=1S/C13H15BrN2O5/c14-8-4-1-2-5-9(8)15-13(21)16-10(12(19)20)6-3-7-11(17)18/h1-2,4-5,10H,3,6-7H2,(H,17,18)(H,19,20)(H2,15,16,21)/t10-/m1/s1. The molecular formula is C13H15BrN2O5. The maximum atomic E-state index is 11.8. The average molecular weight is 359 g/mol. The molecule has 0 aliphatic heterocycles. The van der Waals surface area contributed by atoms with Gasteiger partial charge in [0.25, 0.3) is 0 Å². The van der Waals surface area contributed by atoms with Crippen LogP contribution in [0.15, 0.2) is 28.7 Å². The number of hydrogen-bond acceptors (Lipinski definition) is 3. The Balaban J connectivity index is 2.54. The van der Waals surface area contributed by atoms with Gasteiger partial charge in [-0.1, -0.05) is 12.1 Å². The third-order valence-corrected chi connectivity index (χ3v) is 3.30. The number of urea groups is 1. The third kappa shape index (κ3) is 6.26. The normalized spacial score (nSPS) is 11.5. The highest BCUT2D eigenvalue weighted by molar-refractivity contribution is 9.10. The van der Waals surface area contributed by atoms with E-state index in [1.807, 2.05) is 0 Å². The molecular weight excluding hydrogens is 344 g/mol. The molecule has 8 heteroatoms. The van der Waals surface area contributed by atoms with Gasteiger partial charge in [0.05, 0.1) is 5.69 Å². The van der Waals surface area contributed by atoms with Crippen LogP contribution >= 0.6 is 15.9 Å². The zero-order valence-electron chi connectivity index (χ0n) is 11.0. The van der Waals surface area contributed by atoms with E-state index in [-0.39, 0.29) is 19.3 Å². The topological polar surface area (TPSA) is 116 Å². The molecule has 2 amide bonds. The van der Waals surface area contributed by atoms with E-state index in [9.17, 15) is 14.4 Å². The van der Waals surface area contributed by atoms with Crippen LogP contribution in [0.3, 0.4) is 0 Å². The van der Waals surface area contributed by atoms with Crippen LogP contribution in [0.4, 0.5) is 10.5 Å². The van der Waals surface area contributed by atoms with Crippen LogP contribution in [0.25, 0.3) is 0 Å². The highest BCUT2D eigenvalue weighted by Crippen LogP contribution is 2.20. The second kappa shape index (κ2) is 8.25. The third-order valence-electron chi connectivity index (χ3n) is 2.61. The van der Waals surface area contributed by atoms with Crippen LogP contribution < -0.4 is 10.6 Å². The average Bonchev–Trinajstić information content (AvgIpc) is 2.39. The Hall–Kier alpha value is -2.09. The molecule has 1 aromatic rings. The van der Waals surface area contributed by atoms with Crippen molar-refractivity contribution in [2.24, 2.45) is 0 Å². The van der Waals surface area contributed by atoms with Crippen molar-refractivity contribution in [3.63, 3.8) is 0 Å². The molecule has 21 heavy (non-hydrogen) atoms. The molecule has 0 spiro atoms. The Morgan fingerprint density at radius 2 is 1.86 bits per heavy atom. The van der Waals surface area contributed by atoms with Crippen molar-refractivity contribution in [1.82, 2.24) is 5.32 Å². The van der Waals surface area contributed by atoms with Gasteiger partial charge in [-0.2, -0.15) is 0 Å². The van der Waals surface area contributed by atoms with Crippen molar-refractivity contribution in [2.75, 3.05) is 5.32 Å². The second-order valence-corrected chi connectivity index (χ2v) is 5.11. The quantitative estimate of drug-likeness (QED) is 0.596. The lowest BCUT2D eigenvalue weighted by molar-refractivity contribution is -0.140. The summed E-state index contributed by atoms with van der Waals surface area (Å²) in [5, 5.41) is 22.3. The first-order chi connectivity index (χ1) is 9.90. The van der Waals surface area contributed by atoms with E-state index in [1.165, 1.54) is 0 Å². The Morgan fingerprint density at radius 3 is 2.43 bits per heavy atom. The molecule has 0 heterocycles. The molecule has 0 bridgehead atoms. The molecule has 0 aliphatic rings. The Morgan fingerprint density at radius 1 is 1.19 bits per heavy atom. The first-order valence-corrected chi connectivity index (χ1v) is 6.96. The number of carbonyl (C=O) groups is 3. The first-order valence-electron chi connectivity index (χ1n) is 6.17. The molecule has 4 N–H and O–H groups in total. The second-order valence-electron chi connectivity index (χ2n) is 4.26. The number of aliphatic carboxylic acids is 2. The molecule has 0 saturated heterocycles. The minimum atomic E-state index is -1.21. The molecule has 0 unspecified atom stereocenters. The molecule has 0 radical (unpaired) electrons. The van der Waals surface area contributed by atoms with Crippen molar-refractivity contribution in [3.8, 4) is 0 Å². The number of rotatable bonds is 7. The fourth-order valence-corrected chi connectivity index (χ4v) is 1.98. The van der Waals surface area contributed by atoms with Gasteiger partial charge in [-0.25, -0.2) is 9.59 Å². The van der Waals surface area contributed by atoms with Crippen LogP contribution in [0.2, 0.25) is 0 Å². The number of carboxylic acid groups (broad SMARTS) is 2. The molecule has 1 rings (SSSR count). The number of benzene rings is 1. The summed E-state index contributed by atoms with van der Waals surface area (Å²) < 4.78 is 0.665. The van der Waals surface area contributed by atoms with Crippen LogP contribution in [-0.2, 0) is 9.59 Å². The zero-order chi connectivity index (χ0) is 15.8. The number of carbonyl (C=O) groups excluding carboxylic acids is 1. The molecule has 1 aromatic carbocycles. The predicted molar refractivity (Wildman–Crippen MR) is 79.2 cm³/mol. The molecule has 0 aliphatic carbocycles. The smallest absolute Gasteiger partial charge is 0.326 e. The van der Waals surface area contributed by atoms with E-state index in [0.717, 1.165) is 0 Å².